The fourth-order valence-corrected chi connectivity index (χ4v) is 3.28. The molecule has 1 saturated carbocycles. The van der Waals surface area contributed by atoms with Crippen molar-refractivity contribution >= 4 is 41.6 Å². The van der Waals surface area contributed by atoms with Crippen LogP contribution in [0.3, 0.4) is 0 Å². The van der Waals surface area contributed by atoms with Gasteiger partial charge in [0.2, 0.25) is 0 Å². The number of aromatic nitrogens is 1. The molecule has 7 heteroatoms. The van der Waals surface area contributed by atoms with Crippen molar-refractivity contribution in [1.29, 1.82) is 0 Å². The fraction of sp³-hybridized carbons (Fsp3) is 0.444. The van der Waals surface area contributed by atoms with Crippen LogP contribution in [0.5, 0.6) is 0 Å². The summed E-state index contributed by atoms with van der Waals surface area (Å²) in [6, 6.07) is 6.54. The van der Waals surface area contributed by atoms with E-state index in [1.807, 2.05) is 17.9 Å². The molecule has 1 saturated heterocycles. The molecule has 0 radical (unpaired) electrons. The van der Waals surface area contributed by atoms with E-state index in [0.717, 1.165) is 31.6 Å². The van der Waals surface area contributed by atoms with Gasteiger partial charge in [-0.25, -0.2) is 4.39 Å². The lowest BCUT2D eigenvalue weighted by atomic mass is 10.0. The van der Waals surface area contributed by atoms with Gasteiger partial charge in [0.1, 0.15) is 5.82 Å². The van der Waals surface area contributed by atoms with Crippen LogP contribution in [0, 0.1) is 5.82 Å². The van der Waals surface area contributed by atoms with E-state index in [4.69, 9.17) is 0 Å². The normalized spacial score (nSPS) is 19.9. The summed E-state index contributed by atoms with van der Waals surface area (Å²) in [5.41, 5.74) is 2.27. The van der Waals surface area contributed by atoms with Gasteiger partial charge < -0.3 is 10.2 Å². The van der Waals surface area contributed by atoms with Crippen molar-refractivity contribution in [3.8, 4) is 0 Å². The number of pyridine rings is 1. The van der Waals surface area contributed by atoms with Gasteiger partial charge in [-0.2, -0.15) is 0 Å². The van der Waals surface area contributed by atoms with Crippen LogP contribution in [-0.4, -0.2) is 41.5 Å². The number of nitrogens with zero attached hydrogens (tertiary/aromatic N) is 2. The zero-order valence-corrected chi connectivity index (χ0v) is 15.6. The molecule has 0 spiro atoms. The van der Waals surface area contributed by atoms with Gasteiger partial charge in [-0.05, 0) is 44.0 Å². The van der Waals surface area contributed by atoms with Gasteiger partial charge in [-0.3, -0.25) is 9.78 Å². The standard InChI is InChI=1S/C18H20FN3O.2ClH/c1-11-10-20-6-7-22(11)18(23)15-9-17(12-2-3-12)21-16-5-4-13(19)8-14(15)16;;/h4-5,8-9,11-12,20H,2-3,6-7,10H2,1H3;2*1H. The molecule has 0 bridgehead atoms. The Balaban J connectivity index is 0.00000113. The zero-order valence-electron chi connectivity index (χ0n) is 14.0. The zero-order chi connectivity index (χ0) is 16.0. The van der Waals surface area contributed by atoms with Crippen LogP contribution in [0.2, 0.25) is 0 Å². The Labute approximate surface area is 159 Å². The first-order chi connectivity index (χ1) is 11.1. The first kappa shape index (κ1) is 19.9. The van der Waals surface area contributed by atoms with Gasteiger partial charge in [0.15, 0.2) is 0 Å². The maximum atomic E-state index is 13.7. The summed E-state index contributed by atoms with van der Waals surface area (Å²) in [5, 5.41) is 3.91. The van der Waals surface area contributed by atoms with E-state index >= 15 is 0 Å². The minimum absolute atomic E-state index is 0. The van der Waals surface area contributed by atoms with E-state index in [1.54, 1.807) is 6.07 Å². The minimum atomic E-state index is -0.333. The molecule has 2 fully saturated rings. The molecule has 1 N–H and O–H groups in total. The summed E-state index contributed by atoms with van der Waals surface area (Å²) in [6.45, 7) is 4.30. The number of piperazine rings is 1. The van der Waals surface area contributed by atoms with Gasteiger partial charge in [-0.15, -0.1) is 24.8 Å². The van der Waals surface area contributed by atoms with Gasteiger partial charge >= 0.3 is 0 Å². The molecule has 2 aliphatic rings. The van der Waals surface area contributed by atoms with Crippen LogP contribution in [0.25, 0.3) is 10.9 Å². The first-order valence-electron chi connectivity index (χ1n) is 8.25. The van der Waals surface area contributed by atoms with Crippen molar-refractivity contribution in [1.82, 2.24) is 15.2 Å². The lowest BCUT2D eigenvalue weighted by Gasteiger charge is -2.34. The molecule has 136 valence electrons. The smallest absolute Gasteiger partial charge is 0.254 e. The molecule has 1 unspecified atom stereocenters. The van der Waals surface area contributed by atoms with Crippen molar-refractivity contribution in [3.63, 3.8) is 0 Å². The molecule has 1 aromatic carbocycles. The van der Waals surface area contributed by atoms with Crippen molar-refractivity contribution in [2.45, 2.75) is 31.7 Å². The number of hydrogen-bond acceptors (Lipinski definition) is 3. The summed E-state index contributed by atoms with van der Waals surface area (Å²) in [7, 11) is 0. The van der Waals surface area contributed by atoms with Crippen molar-refractivity contribution in [3.05, 3.63) is 41.3 Å². The monoisotopic (exact) mass is 385 g/mol. The Morgan fingerprint density at radius 2 is 2.04 bits per heavy atom. The third kappa shape index (κ3) is 3.89. The Hall–Kier alpha value is -1.43. The Morgan fingerprint density at radius 1 is 1.28 bits per heavy atom. The number of carbonyl (C=O) groups is 1. The SMILES string of the molecule is CC1CNCCN1C(=O)c1cc(C2CC2)nc2ccc(F)cc12.Cl.Cl. The molecule has 4 nitrogen and oxygen atoms in total. The van der Waals surface area contributed by atoms with Gasteiger partial charge in [0, 0.05) is 42.7 Å². The molecule has 2 heterocycles. The maximum absolute atomic E-state index is 13.7. The predicted octanol–water partition coefficient (Wildman–Crippen LogP) is 3.53. The average molecular weight is 386 g/mol. The number of halogens is 3. The van der Waals surface area contributed by atoms with Gasteiger partial charge in [0.25, 0.3) is 5.91 Å². The molecule has 1 amide bonds. The fourth-order valence-electron chi connectivity index (χ4n) is 3.28. The van der Waals surface area contributed by atoms with Crippen LogP contribution in [-0.2, 0) is 0 Å². The van der Waals surface area contributed by atoms with Crippen molar-refractivity contribution < 1.29 is 9.18 Å². The third-order valence-electron chi connectivity index (χ3n) is 4.78. The maximum Gasteiger partial charge on any atom is 0.254 e. The van der Waals surface area contributed by atoms with E-state index in [9.17, 15) is 9.18 Å². The summed E-state index contributed by atoms with van der Waals surface area (Å²) in [6.07, 6.45) is 2.24. The molecule has 2 aromatic rings. The molecular weight excluding hydrogens is 364 g/mol. The highest BCUT2D eigenvalue weighted by molar-refractivity contribution is 6.06. The van der Waals surface area contributed by atoms with E-state index < -0.39 is 0 Å². The Morgan fingerprint density at radius 3 is 2.72 bits per heavy atom. The third-order valence-corrected chi connectivity index (χ3v) is 4.78. The van der Waals surface area contributed by atoms with E-state index in [0.29, 0.717) is 28.9 Å². The molecule has 1 aliphatic carbocycles. The number of rotatable bonds is 2. The Bertz CT molecular complexity index is 782. The summed E-state index contributed by atoms with van der Waals surface area (Å²) < 4.78 is 13.7. The first-order valence-corrected chi connectivity index (χ1v) is 8.25. The van der Waals surface area contributed by atoms with Crippen LogP contribution in [0.4, 0.5) is 4.39 Å². The van der Waals surface area contributed by atoms with Crippen LogP contribution < -0.4 is 5.32 Å². The average Bonchev–Trinajstić information content (AvgIpc) is 3.38. The highest BCUT2D eigenvalue weighted by Crippen LogP contribution is 2.40. The van der Waals surface area contributed by atoms with Crippen molar-refractivity contribution in [2.24, 2.45) is 0 Å². The molecule has 1 aromatic heterocycles. The van der Waals surface area contributed by atoms with E-state index in [-0.39, 0.29) is 42.6 Å². The second kappa shape index (κ2) is 7.85. The second-order valence-electron chi connectivity index (χ2n) is 6.58. The van der Waals surface area contributed by atoms with Crippen molar-refractivity contribution in [2.75, 3.05) is 19.6 Å². The van der Waals surface area contributed by atoms with E-state index in [1.165, 1.54) is 12.1 Å². The predicted molar refractivity (Wildman–Crippen MR) is 102 cm³/mol. The second-order valence-corrected chi connectivity index (χ2v) is 6.58. The number of carbonyl (C=O) groups excluding carboxylic acids is 1. The molecular formula is C18H22Cl2FN3O. The molecule has 1 aliphatic heterocycles. The highest BCUT2D eigenvalue weighted by atomic mass is 35.5. The summed E-state index contributed by atoms with van der Waals surface area (Å²) in [5.74, 6) is 0.108. The van der Waals surface area contributed by atoms with Crippen LogP contribution >= 0.6 is 24.8 Å². The van der Waals surface area contributed by atoms with Crippen LogP contribution in [0.1, 0.15) is 41.7 Å². The highest BCUT2D eigenvalue weighted by Gasteiger charge is 2.30. The quantitative estimate of drug-likeness (QED) is 0.859. The topological polar surface area (TPSA) is 45.2 Å². The number of nitrogens with one attached hydrogen (secondary N) is 1. The Kier molecular flexibility index (Phi) is 6.25. The minimum Gasteiger partial charge on any atom is -0.333 e. The number of benzene rings is 1. The largest absolute Gasteiger partial charge is 0.333 e. The summed E-state index contributed by atoms with van der Waals surface area (Å²) in [4.78, 5) is 19.6. The van der Waals surface area contributed by atoms with Gasteiger partial charge in [-0.1, -0.05) is 0 Å². The van der Waals surface area contributed by atoms with Gasteiger partial charge in [0.05, 0.1) is 11.1 Å². The summed E-state index contributed by atoms with van der Waals surface area (Å²) >= 11 is 0. The number of hydrogen-bond donors (Lipinski definition) is 1. The van der Waals surface area contributed by atoms with Crippen LogP contribution in [0.15, 0.2) is 24.3 Å². The lowest BCUT2D eigenvalue weighted by molar-refractivity contribution is 0.0657. The molecule has 25 heavy (non-hydrogen) atoms. The molecule has 1 atom stereocenters. The van der Waals surface area contributed by atoms with E-state index in [2.05, 4.69) is 10.3 Å². The molecule has 4 rings (SSSR count). The lowest BCUT2D eigenvalue weighted by Crippen LogP contribution is -2.52. The number of amides is 1. The number of fused-ring (bicyclic) bond motifs is 1.